The van der Waals surface area contributed by atoms with Gasteiger partial charge in [0.25, 0.3) is 5.91 Å². The summed E-state index contributed by atoms with van der Waals surface area (Å²) in [6.45, 7) is 11.0. The Morgan fingerprint density at radius 1 is 1.24 bits per heavy atom. The molecule has 1 amide bonds. The van der Waals surface area contributed by atoms with E-state index in [0.717, 1.165) is 19.1 Å². The van der Waals surface area contributed by atoms with E-state index in [2.05, 4.69) is 30.8 Å². The molecular formula is C25H36FN3O3S. The van der Waals surface area contributed by atoms with Crippen molar-refractivity contribution in [3.8, 4) is 0 Å². The molecular weight excluding hydrogens is 441 g/mol. The van der Waals surface area contributed by atoms with Gasteiger partial charge in [0, 0.05) is 30.2 Å². The smallest absolute Gasteiger partial charge is 0.253 e. The van der Waals surface area contributed by atoms with Gasteiger partial charge in [-0.05, 0) is 61.8 Å². The van der Waals surface area contributed by atoms with Gasteiger partial charge in [-0.15, -0.1) is 0 Å². The highest BCUT2D eigenvalue weighted by Gasteiger charge is 2.59. The van der Waals surface area contributed by atoms with E-state index >= 15 is 4.39 Å². The number of aryl methyl sites for hydroxylation is 2. The van der Waals surface area contributed by atoms with E-state index in [1.165, 1.54) is 6.42 Å². The quantitative estimate of drug-likeness (QED) is 0.584. The third-order valence-corrected chi connectivity index (χ3v) is 9.04. The maximum atomic E-state index is 15.3. The Labute approximate surface area is 196 Å². The molecule has 0 aliphatic heterocycles. The van der Waals surface area contributed by atoms with Crippen molar-refractivity contribution in [3.05, 3.63) is 34.8 Å². The standard InChI is InChI=1S/C25H36FN3O3S/c1-15-8-9-18-19(22(30)28-23-24(3,4)17-10-11-25(23,5)14-17)16(2)29(21(18)20(15)26)13-7-12-27-33(6,31)32/h8-9,17,23,27H,7,10-14H2,1-6H3,(H,28,30). The van der Waals surface area contributed by atoms with E-state index in [9.17, 15) is 13.2 Å². The average Bonchev–Trinajstić information content (AvgIpc) is 3.29. The highest BCUT2D eigenvalue weighted by atomic mass is 32.2. The van der Waals surface area contributed by atoms with Gasteiger partial charge >= 0.3 is 0 Å². The number of benzene rings is 1. The van der Waals surface area contributed by atoms with Crippen LogP contribution in [0.25, 0.3) is 10.9 Å². The molecule has 3 unspecified atom stereocenters. The van der Waals surface area contributed by atoms with Crippen molar-refractivity contribution < 1.29 is 17.6 Å². The minimum atomic E-state index is -3.29. The summed E-state index contributed by atoms with van der Waals surface area (Å²) in [5.41, 5.74) is 2.27. The topological polar surface area (TPSA) is 80.2 Å². The number of halogens is 1. The van der Waals surface area contributed by atoms with E-state index in [0.29, 0.717) is 46.6 Å². The fourth-order valence-electron chi connectivity index (χ4n) is 6.55. The minimum Gasteiger partial charge on any atom is -0.348 e. The van der Waals surface area contributed by atoms with Crippen LogP contribution in [0.4, 0.5) is 4.39 Å². The molecule has 2 aliphatic carbocycles. The highest BCUT2D eigenvalue weighted by Crippen LogP contribution is 2.62. The fraction of sp³-hybridized carbons (Fsp3) is 0.640. The third-order valence-electron chi connectivity index (χ3n) is 8.31. The van der Waals surface area contributed by atoms with Crippen LogP contribution in [-0.2, 0) is 16.6 Å². The number of carbonyl (C=O) groups excluding carboxylic acids is 1. The van der Waals surface area contributed by atoms with Crippen LogP contribution in [0.3, 0.4) is 0 Å². The van der Waals surface area contributed by atoms with E-state index in [4.69, 9.17) is 0 Å². The first-order chi connectivity index (χ1) is 15.3. The lowest BCUT2D eigenvalue weighted by atomic mass is 9.68. The number of aromatic nitrogens is 1. The largest absolute Gasteiger partial charge is 0.348 e. The molecule has 182 valence electrons. The predicted molar refractivity (Wildman–Crippen MR) is 129 cm³/mol. The van der Waals surface area contributed by atoms with Crippen molar-refractivity contribution in [2.24, 2.45) is 16.7 Å². The van der Waals surface area contributed by atoms with Gasteiger partial charge in [0.2, 0.25) is 10.0 Å². The van der Waals surface area contributed by atoms with E-state index < -0.39 is 10.0 Å². The first kappa shape index (κ1) is 24.2. The van der Waals surface area contributed by atoms with Gasteiger partial charge in [0.1, 0.15) is 5.82 Å². The Balaban J connectivity index is 1.68. The Kier molecular flexibility index (Phi) is 5.93. The van der Waals surface area contributed by atoms with E-state index in [1.54, 1.807) is 13.0 Å². The summed E-state index contributed by atoms with van der Waals surface area (Å²) in [7, 11) is -3.29. The van der Waals surface area contributed by atoms with Gasteiger partial charge in [-0.3, -0.25) is 4.79 Å². The molecule has 2 saturated carbocycles. The summed E-state index contributed by atoms with van der Waals surface area (Å²) in [4.78, 5) is 13.7. The molecule has 1 aromatic heterocycles. The summed E-state index contributed by atoms with van der Waals surface area (Å²) in [6, 6.07) is 3.61. The van der Waals surface area contributed by atoms with Crippen LogP contribution in [0, 0.1) is 36.4 Å². The molecule has 2 aromatic rings. The number of hydrogen-bond acceptors (Lipinski definition) is 3. The van der Waals surface area contributed by atoms with Gasteiger partial charge in [-0.1, -0.05) is 32.9 Å². The maximum absolute atomic E-state index is 15.3. The zero-order valence-corrected chi connectivity index (χ0v) is 21.3. The van der Waals surface area contributed by atoms with Crippen molar-refractivity contribution >= 4 is 26.8 Å². The van der Waals surface area contributed by atoms with Crippen molar-refractivity contribution in [2.75, 3.05) is 12.8 Å². The van der Waals surface area contributed by atoms with Gasteiger partial charge in [-0.2, -0.15) is 0 Å². The Hall–Kier alpha value is -1.93. The van der Waals surface area contributed by atoms with Crippen molar-refractivity contribution in [1.82, 2.24) is 14.6 Å². The van der Waals surface area contributed by atoms with Crippen molar-refractivity contribution in [3.63, 3.8) is 0 Å². The van der Waals surface area contributed by atoms with Crippen LogP contribution >= 0.6 is 0 Å². The summed E-state index contributed by atoms with van der Waals surface area (Å²) in [6.07, 6.45) is 5.06. The molecule has 1 aromatic carbocycles. The number of carbonyl (C=O) groups is 1. The van der Waals surface area contributed by atoms with Crippen LogP contribution < -0.4 is 10.0 Å². The zero-order chi connectivity index (χ0) is 24.3. The molecule has 33 heavy (non-hydrogen) atoms. The SMILES string of the molecule is Cc1ccc2c(C(=O)NC3C4(C)CCC(C4)C3(C)C)c(C)n(CCCNS(C)(=O)=O)c2c1F. The molecule has 1 heterocycles. The van der Waals surface area contributed by atoms with Crippen LogP contribution in [0.1, 0.15) is 68.1 Å². The second kappa shape index (κ2) is 8.08. The van der Waals surface area contributed by atoms with Gasteiger partial charge in [-0.25, -0.2) is 17.5 Å². The molecule has 3 atom stereocenters. The normalized spacial score (nSPS) is 26.3. The molecule has 2 aliphatic rings. The van der Waals surface area contributed by atoms with Crippen LogP contribution in [0.5, 0.6) is 0 Å². The number of nitrogens with one attached hydrogen (secondary N) is 2. The van der Waals surface area contributed by atoms with Crippen molar-refractivity contribution in [1.29, 1.82) is 0 Å². The lowest BCUT2D eigenvalue weighted by Crippen LogP contribution is -2.52. The maximum Gasteiger partial charge on any atom is 0.253 e. The van der Waals surface area contributed by atoms with Gasteiger partial charge < -0.3 is 9.88 Å². The summed E-state index contributed by atoms with van der Waals surface area (Å²) in [5.74, 6) is 0.122. The first-order valence-corrected chi connectivity index (χ1v) is 13.7. The third kappa shape index (κ3) is 4.09. The molecule has 2 fully saturated rings. The second-order valence-electron chi connectivity index (χ2n) is 11.0. The Morgan fingerprint density at radius 2 is 1.94 bits per heavy atom. The summed E-state index contributed by atoms with van der Waals surface area (Å²) >= 11 is 0. The number of rotatable bonds is 7. The molecule has 4 rings (SSSR count). The molecule has 2 N–H and O–H groups in total. The molecule has 2 bridgehead atoms. The number of amides is 1. The van der Waals surface area contributed by atoms with Gasteiger partial charge in [0.15, 0.2) is 0 Å². The summed E-state index contributed by atoms with van der Waals surface area (Å²) in [5, 5.41) is 3.97. The minimum absolute atomic E-state index is 0.0219. The number of hydrogen-bond donors (Lipinski definition) is 2. The van der Waals surface area contributed by atoms with Crippen LogP contribution in [0.15, 0.2) is 12.1 Å². The fourth-order valence-corrected chi connectivity index (χ4v) is 7.07. The van der Waals surface area contributed by atoms with E-state index in [-0.39, 0.29) is 35.1 Å². The Morgan fingerprint density at radius 3 is 2.55 bits per heavy atom. The Bertz CT molecular complexity index is 1210. The van der Waals surface area contributed by atoms with Gasteiger partial charge in [0.05, 0.1) is 17.3 Å². The lowest BCUT2D eigenvalue weighted by molar-refractivity contribution is 0.0738. The summed E-state index contributed by atoms with van der Waals surface area (Å²) < 4.78 is 42.3. The van der Waals surface area contributed by atoms with E-state index in [1.807, 2.05) is 17.6 Å². The monoisotopic (exact) mass is 477 g/mol. The van der Waals surface area contributed by atoms with Crippen molar-refractivity contribution in [2.45, 2.75) is 72.9 Å². The highest BCUT2D eigenvalue weighted by molar-refractivity contribution is 7.88. The number of fused-ring (bicyclic) bond motifs is 3. The molecule has 8 heteroatoms. The predicted octanol–water partition coefficient (Wildman–Crippen LogP) is 4.28. The first-order valence-electron chi connectivity index (χ1n) is 11.8. The molecule has 6 nitrogen and oxygen atoms in total. The molecule has 0 radical (unpaired) electrons. The number of sulfonamides is 1. The second-order valence-corrected chi connectivity index (χ2v) is 12.9. The van der Waals surface area contributed by atoms with Crippen LogP contribution in [-0.4, -0.2) is 37.7 Å². The number of nitrogens with zero attached hydrogens (tertiary/aromatic N) is 1. The lowest BCUT2D eigenvalue weighted by Gasteiger charge is -2.43. The zero-order valence-electron chi connectivity index (χ0n) is 20.5. The van der Waals surface area contributed by atoms with Crippen LogP contribution in [0.2, 0.25) is 0 Å². The molecule has 0 spiro atoms. The molecule has 0 saturated heterocycles. The average molecular weight is 478 g/mol.